The minimum atomic E-state index is -0.347. The maximum absolute atomic E-state index is 11.2. The van der Waals surface area contributed by atoms with Crippen molar-refractivity contribution >= 4 is 17.8 Å². The molecule has 7 heteroatoms. The Morgan fingerprint density at radius 2 is 2.00 bits per heavy atom. The lowest BCUT2D eigenvalue weighted by molar-refractivity contribution is -0.130. The van der Waals surface area contributed by atoms with E-state index in [0.717, 1.165) is 5.69 Å². The fourth-order valence-corrected chi connectivity index (χ4v) is 1.64. The van der Waals surface area contributed by atoms with E-state index >= 15 is 0 Å². The molecule has 2 rings (SSSR count). The summed E-state index contributed by atoms with van der Waals surface area (Å²) in [6.07, 6.45) is 0. The highest BCUT2D eigenvalue weighted by Gasteiger charge is 2.24. The van der Waals surface area contributed by atoms with Gasteiger partial charge in [-0.1, -0.05) is 0 Å². The predicted molar refractivity (Wildman–Crippen MR) is 60.0 cm³/mol. The average Bonchev–Trinajstić information content (AvgIpc) is 2.26. The van der Waals surface area contributed by atoms with Crippen LogP contribution >= 0.6 is 0 Å². The molecule has 1 saturated heterocycles. The van der Waals surface area contributed by atoms with Crippen molar-refractivity contribution in [1.82, 2.24) is 15.3 Å². The smallest absolute Gasteiger partial charge is 0.246 e. The lowest BCUT2D eigenvalue weighted by atomic mass is 10.3. The first-order valence-corrected chi connectivity index (χ1v) is 5.20. The molecular formula is C10H13N5O2. The van der Waals surface area contributed by atoms with Crippen molar-refractivity contribution in [3.8, 4) is 0 Å². The van der Waals surface area contributed by atoms with E-state index in [1.54, 1.807) is 6.07 Å². The summed E-state index contributed by atoms with van der Waals surface area (Å²) in [5.41, 5.74) is 6.96. The second kappa shape index (κ2) is 4.46. The minimum absolute atomic E-state index is 0.0825. The van der Waals surface area contributed by atoms with Crippen molar-refractivity contribution < 1.29 is 9.59 Å². The number of anilines is 1. The first kappa shape index (κ1) is 11.5. The molecule has 0 aromatic carbocycles. The van der Waals surface area contributed by atoms with E-state index in [2.05, 4.69) is 15.3 Å². The number of hydrogen-bond acceptors (Lipinski definition) is 6. The third-order valence-electron chi connectivity index (χ3n) is 2.34. The zero-order valence-corrected chi connectivity index (χ0v) is 9.43. The van der Waals surface area contributed by atoms with Gasteiger partial charge < -0.3 is 10.6 Å². The molecule has 0 radical (unpaired) electrons. The van der Waals surface area contributed by atoms with Crippen LogP contribution in [0.2, 0.25) is 0 Å². The highest BCUT2D eigenvalue weighted by molar-refractivity contribution is 6.02. The van der Waals surface area contributed by atoms with Crippen LogP contribution in [0.25, 0.3) is 0 Å². The largest absolute Gasteiger partial charge is 0.325 e. The first-order valence-electron chi connectivity index (χ1n) is 5.20. The Morgan fingerprint density at radius 1 is 1.35 bits per heavy atom. The second-order valence-corrected chi connectivity index (χ2v) is 3.83. The predicted octanol–water partition coefficient (Wildman–Crippen LogP) is -1.29. The molecule has 1 fully saturated rings. The van der Waals surface area contributed by atoms with Gasteiger partial charge in [-0.25, -0.2) is 9.97 Å². The summed E-state index contributed by atoms with van der Waals surface area (Å²) in [5, 5.41) is 2.22. The van der Waals surface area contributed by atoms with Crippen LogP contribution in [0.1, 0.15) is 11.4 Å². The Hall–Kier alpha value is -2.02. The Bertz CT molecular complexity index is 458. The molecule has 1 aromatic rings. The molecule has 17 heavy (non-hydrogen) atoms. The summed E-state index contributed by atoms with van der Waals surface area (Å²) in [6.45, 7) is 2.28. The monoisotopic (exact) mass is 235 g/mol. The van der Waals surface area contributed by atoms with Gasteiger partial charge in [0, 0.05) is 12.2 Å². The lowest BCUT2D eigenvalue weighted by Gasteiger charge is -2.25. The number of amides is 2. The number of hydrogen-bond donors (Lipinski definition) is 2. The van der Waals surface area contributed by atoms with E-state index in [0.29, 0.717) is 18.2 Å². The van der Waals surface area contributed by atoms with Crippen molar-refractivity contribution in [3.05, 3.63) is 17.5 Å². The van der Waals surface area contributed by atoms with Crippen LogP contribution in [0, 0.1) is 6.92 Å². The second-order valence-electron chi connectivity index (χ2n) is 3.83. The van der Waals surface area contributed by atoms with Gasteiger partial charge in [-0.15, -0.1) is 0 Å². The molecular weight excluding hydrogens is 222 g/mol. The molecule has 2 amide bonds. The van der Waals surface area contributed by atoms with Crippen LogP contribution in [0.4, 0.5) is 5.95 Å². The lowest BCUT2D eigenvalue weighted by Crippen LogP contribution is -2.52. The summed E-state index contributed by atoms with van der Waals surface area (Å²) in [5.74, 6) is -0.324. The van der Waals surface area contributed by atoms with E-state index in [4.69, 9.17) is 5.73 Å². The molecule has 0 spiro atoms. The van der Waals surface area contributed by atoms with Gasteiger partial charge in [0.25, 0.3) is 0 Å². The van der Waals surface area contributed by atoms with Crippen LogP contribution < -0.4 is 16.0 Å². The van der Waals surface area contributed by atoms with Gasteiger partial charge in [-0.2, -0.15) is 0 Å². The Kier molecular flexibility index (Phi) is 3.01. The topological polar surface area (TPSA) is 101 Å². The summed E-state index contributed by atoms with van der Waals surface area (Å²) in [4.78, 5) is 32.4. The van der Waals surface area contributed by atoms with E-state index < -0.39 is 0 Å². The fraction of sp³-hybridized carbons (Fsp3) is 0.400. The van der Waals surface area contributed by atoms with Gasteiger partial charge >= 0.3 is 0 Å². The molecule has 1 aliphatic heterocycles. The number of nitrogens with one attached hydrogen (secondary N) is 1. The quantitative estimate of drug-likeness (QED) is 0.618. The first-order chi connectivity index (χ1) is 8.08. The third kappa shape index (κ3) is 2.56. The van der Waals surface area contributed by atoms with Crippen molar-refractivity contribution in [3.63, 3.8) is 0 Å². The van der Waals surface area contributed by atoms with Crippen molar-refractivity contribution in [2.75, 3.05) is 18.0 Å². The number of nitrogens with two attached hydrogens (primary N) is 1. The summed E-state index contributed by atoms with van der Waals surface area (Å²) in [7, 11) is 0. The zero-order valence-electron chi connectivity index (χ0n) is 9.43. The Balaban J connectivity index is 2.29. The number of imide groups is 1. The van der Waals surface area contributed by atoms with E-state index in [1.807, 2.05) is 6.92 Å². The zero-order chi connectivity index (χ0) is 12.4. The van der Waals surface area contributed by atoms with Crippen LogP contribution in [0.15, 0.2) is 6.07 Å². The van der Waals surface area contributed by atoms with Gasteiger partial charge in [-0.05, 0) is 13.0 Å². The van der Waals surface area contributed by atoms with Crippen LogP contribution in [0.3, 0.4) is 0 Å². The molecule has 0 unspecified atom stereocenters. The molecule has 0 saturated carbocycles. The van der Waals surface area contributed by atoms with Gasteiger partial charge in [0.05, 0.1) is 5.69 Å². The van der Waals surface area contributed by atoms with E-state index in [-0.39, 0.29) is 24.9 Å². The summed E-state index contributed by atoms with van der Waals surface area (Å²) < 4.78 is 0. The number of rotatable bonds is 2. The van der Waals surface area contributed by atoms with Gasteiger partial charge in [-0.3, -0.25) is 14.9 Å². The highest BCUT2D eigenvalue weighted by Crippen LogP contribution is 2.11. The summed E-state index contributed by atoms with van der Waals surface area (Å²) in [6, 6.07) is 1.77. The fourth-order valence-electron chi connectivity index (χ4n) is 1.64. The molecule has 3 N–H and O–H groups in total. The SMILES string of the molecule is Cc1cc(CN)nc(N2CC(=O)NC(=O)C2)n1. The van der Waals surface area contributed by atoms with Crippen molar-refractivity contribution in [1.29, 1.82) is 0 Å². The van der Waals surface area contributed by atoms with Gasteiger partial charge in [0.2, 0.25) is 17.8 Å². The normalized spacial score (nSPS) is 16.0. The maximum atomic E-state index is 11.2. The van der Waals surface area contributed by atoms with E-state index in [9.17, 15) is 9.59 Å². The van der Waals surface area contributed by atoms with E-state index in [1.165, 1.54) is 4.90 Å². The third-order valence-corrected chi connectivity index (χ3v) is 2.34. The Labute approximate surface area is 98.0 Å². The maximum Gasteiger partial charge on any atom is 0.246 e. The van der Waals surface area contributed by atoms with Crippen LogP contribution in [-0.2, 0) is 16.1 Å². The molecule has 0 bridgehead atoms. The number of carbonyl (C=O) groups excluding carboxylic acids is 2. The van der Waals surface area contributed by atoms with Crippen molar-refractivity contribution in [2.24, 2.45) is 5.73 Å². The highest BCUT2D eigenvalue weighted by atomic mass is 16.2. The number of nitrogens with zero attached hydrogens (tertiary/aromatic N) is 3. The summed E-state index contributed by atoms with van der Waals surface area (Å²) >= 11 is 0. The Morgan fingerprint density at radius 3 is 2.59 bits per heavy atom. The number of aromatic nitrogens is 2. The number of aryl methyl sites for hydroxylation is 1. The minimum Gasteiger partial charge on any atom is -0.325 e. The number of carbonyl (C=O) groups is 2. The van der Waals surface area contributed by atoms with Crippen molar-refractivity contribution in [2.45, 2.75) is 13.5 Å². The standard InChI is InChI=1S/C10H13N5O2/c1-6-2-7(3-11)13-10(12-6)15-4-8(16)14-9(17)5-15/h2H,3-5,11H2,1H3,(H,14,16,17). The number of piperazine rings is 1. The molecule has 2 heterocycles. The van der Waals surface area contributed by atoms with Gasteiger partial charge in [0.1, 0.15) is 13.1 Å². The van der Waals surface area contributed by atoms with Crippen LogP contribution in [0.5, 0.6) is 0 Å². The molecule has 0 aliphatic carbocycles. The molecule has 90 valence electrons. The molecule has 0 atom stereocenters. The van der Waals surface area contributed by atoms with Gasteiger partial charge in [0.15, 0.2) is 0 Å². The van der Waals surface area contributed by atoms with Crippen LogP contribution in [-0.4, -0.2) is 34.9 Å². The average molecular weight is 235 g/mol. The molecule has 1 aromatic heterocycles. The molecule has 7 nitrogen and oxygen atoms in total. The molecule has 1 aliphatic rings.